The number of thiophene rings is 1. The predicted octanol–water partition coefficient (Wildman–Crippen LogP) is 5.44. The zero-order valence-electron chi connectivity index (χ0n) is 14.6. The first-order valence-electron chi connectivity index (χ1n) is 8.25. The van der Waals surface area contributed by atoms with Crippen molar-refractivity contribution in [2.45, 2.75) is 13.5 Å². The van der Waals surface area contributed by atoms with Gasteiger partial charge in [-0.2, -0.15) is 8.78 Å². The molecule has 0 aliphatic carbocycles. The number of alkyl halides is 2. The van der Waals surface area contributed by atoms with Gasteiger partial charge in [0.2, 0.25) is 0 Å². The number of carbonyl (C=O) groups is 1. The van der Waals surface area contributed by atoms with Crippen LogP contribution in [0.25, 0.3) is 20.3 Å². The molecule has 0 unspecified atom stereocenters. The average Bonchev–Trinajstić information content (AvgIpc) is 3.26. The number of hydrogen-bond acceptors (Lipinski definition) is 6. The Bertz CT molecular complexity index is 1160. The van der Waals surface area contributed by atoms with Crippen LogP contribution in [0, 0.1) is 6.92 Å². The normalized spacial score (nSPS) is 11.3. The van der Waals surface area contributed by atoms with Gasteiger partial charge in [-0.1, -0.05) is 12.1 Å². The van der Waals surface area contributed by atoms with Gasteiger partial charge in [-0.15, -0.1) is 22.7 Å². The Labute approximate surface area is 166 Å². The van der Waals surface area contributed by atoms with Crippen molar-refractivity contribution in [1.29, 1.82) is 0 Å². The van der Waals surface area contributed by atoms with Crippen molar-refractivity contribution in [2.24, 2.45) is 0 Å². The van der Waals surface area contributed by atoms with Gasteiger partial charge < -0.3 is 14.8 Å². The van der Waals surface area contributed by atoms with Crippen molar-refractivity contribution in [1.82, 2.24) is 4.98 Å². The third kappa shape index (κ3) is 3.76. The van der Waals surface area contributed by atoms with Gasteiger partial charge in [0.1, 0.15) is 11.5 Å². The van der Waals surface area contributed by atoms with E-state index in [4.69, 9.17) is 4.74 Å². The molecular formula is C19H14F2N2O3S2. The summed E-state index contributed by atoms with van der Waals surface area (Å²) < 4.78 is 37.1. The standard InChI is InChI=1S/C19H14F2N2O3S2/c1-10-22-17-15(28-10)8-14(11-6-7-27-18(11)17)25-9-16(24)23-12-4-2-3-5-13(12)26-19(20)21/h2-8,19H,9H2,1H3,(H,23,24). The zero-order valence-corrected chi connectivity index (χ0v) is 16.2. The van der Waals surface area contributed by atoms with Crippen molar-refractivity contribution in [3.05, 3.63) is 46.8 Å². The van der Waals surface area contributed by atoms with Gasteiger partial charge in [-0.05, 0) is 30.5 Å². The van der Waals surface area contributed by atoms with E-state index in [0.29, 0.717) is 5.75 Å². The molecule has 0 atom stereocenters. The summed E-state index contributed by atoms with van der Waals surface area (Å²) in [5.41, 5.74) is 1.09. The Balaban J connectivity index is 1.52. The maximum Gasteiger partial charge on any atom is 0.387 e. The molecule has 0 saturated heterocycles. The number of aromatic nitrogens is 1. The van der Waals surface area contributed by atoms with E-state index in [2.05, 4.69) is 15.0 Å². The number of rotatable bonds is 6. The van der Waals surface area contributed by atoms with Crippen LogP contribution < -0.4 is 14.8 Å². The molecule has 0 aliphatic heterocycles. The van der Waals surface area contributed by atoms with Gasteiger partial charge in [-0.3, -0.25) is 4.79 Å². The number of aryl methyl sites for hydroxylation is 1. The molecule has 0 saturated carbocycles. The van der Waals surface area contributed by atoms with Crippen LogP contribution in [0.1, 0.15) is 5.01 Å². The van der Waals surface area contributed by atoms with Crippen molar-refractivity contribution in [2.75, 3.05) is 11.9 Å². The number of anilines is 1. The average molecular weight is 420 g/mol. The molecule has 0 aliphatic rings. The number of nitrogens with one attached hydrogen (secondary N) is 1. The molecule has 144 valence electrons. The lowest BCUT2D eigenvalue weighted by Crippen LogP contribution is -2.21. The molecule has 2 aromatic heterocycles. The van der Waals surface area contributed by atoms with Crippen LogP contribution in [0.4, 0.5) is 14.5 Å². The van der Waals surface area contributed by atoms with E-state index < -0.39 is 12.5 Å². The Morgan fingerprint density at radius 1 is 1.25 bits per heavy atom. The molecule has 28 heavy (non-hydrogen) atoms. The number of fused-ring (bicyclic) bond motifs is 3. The van der Waals surface area contributed by atoms with E-state index in [-0.39, 0.29) is 18.0 Å². The summed E-state index contributed by atoms with van der Waals surface area (Å²) in [5.74, 6) is 0.00146. The van der Waals surface area contributed by atoms with Crippen molar-refractivity contribution in [3.8, 4) is 11.5 Å². The Morgan fingerprint density at radius 3 is 2.89 bits per heavy atom. The van der Waals surface area contributed by atoms with E-state index in [0.717, 1.165) is 25.3 Å². The third-order valence-electron chi connectivity index (χ3n) is 3.90. The molecule has 9 heteroatoms. The highest BCUT2D eigenvalue weighted by Crippen LogP contribution is 2.38. The monoisotopic (exact) mass is 420 g/mol. The van der Waals surface area contributed by atoms with E-state index >= 15 is 0 Å². The first-order chi connectivity index (χ1) is 13.5. The van der Waals surface area contributed by atoms with E-state index in [1.54, 1.807) is 34.8 Å². The van der Waals surface area contributed by atoms with Gasteiger partial charge in [0, 0.05) is 11.5 Å². The first kappa shape index (κ1) is 18.6. The van der Waals surface area contributed by atoms with Gasteiger partial charge in [-0.25, -0.2) is 4.98 Å². The predicted molar refractivity (Wildman–Crippen MR) is 107 cm³/mol. The number of thiazole rings is 1. The fourth-order valence-electron chi connectivity index (χ4n) is 2.80. The minimum Gasteiger partial charge on any atom is -0.483 e. The lowest BCUT2D eigenvalue weighted by atomic mass is 10.2. The van der Waals surface area contributed by atoms with E-state index in [1.165, 1.54) is 12.1 Å². The number of amides is 1. The Morgan fingerprint density at radius 2 is 2.07 bits per heavy atom. The highest BCUT2D eigenvalue weighted by atomic mass is 32.1. The maximum absolute atomic E-state index is 12.5. The number of benzene rings is 2. The number of nitrogens with zero attached hydrogens (tertiary/aromatic N) is 1. The molecule has 0 radical (unpaired) electrons. The van der Waals surface area contributed by atoms with Crippen molar-refractivity contribution < 1.29 is 23.0 Å². The second-order valence-electron chi connectivity index (χ2n) is 5.83. The molecule has 0 spiro atoms. The Hall–Kier alpha value is -2.78. The Kier molecular flexibility index (Phi) is 5.10. The number of halogens is 2. The highest BCUT2D eigenvalue weighted by Gasteiger charge is 2.15. The van der Waals surface area contributed by atoms with Crippen LogP contribution in [-0.4, -0.2) is 24.1 Å². The highest BCUT2D eigenvalue weighted by molar-refractivity contribution is 7.21. The molecule has 4 aromatic rings. The van der Waals surface area contributed by atoms with Crippen LogP contribution in [0.2, 0.25) is 0 Å². The lowest BCUT2D eigenvalue weighted by molar-refractivity contribution is -0.118. The molecule has 0 bridgehead atoms. The number of ether oxygens (including phenoxy) is 2. The maximum atomic E-state index is 12.5. The SMILES string of the molecule is Cc1nc2c(cc(OCC(=O)Nc3ccccc3OC(F)F)c3ccsc32)s1. The summed E-state index contributed by atoms with van der Waals surface area (Å²) >= 11 is 3.12. The second kappa shape index (κ2) is 7.69. The van der Waals surface area contributed by atoms with Crippen LogP contribution in [0.3, 0.4) is 0 Å². The summed E-state index contributed by atoms with van der Waals surface area (Å²) in [7, 11) is 0. The topological polar surface area (TPSA) is 60.5 Å². The van der Waals surface area contributed by atoms with Gasteiger partial charge in [0.25, 0.3) is 5.91 Å². The lowest BCUT2D eigenvalue weighted by Gasteiger charge is -2.12. The van der Waals surface area contributed by atoms with Crippen LogP contribution in [0.15, 0.2) is 41.8 Å². The quantitative estimate of drug-likeness (QED) is 0.451. The van der Waals surface area contributed by atoms with Crippen LogP contribution >= 0.6 is 22.7 Å². The smallest absolute Gasteiger partial charge is 0.387 e. The summed E-state index contributed by atoms with van der Waals surface area (Å²) in [6.45, 7) is -1.30. The summed E-state index contributed by atoms with van der Waals surface area (Å²) in [5, 5.41) is 6.33. The summed E-state index contributed by atoms with van der Waals surface area (Å²) in [6, 6.07) is 9.80. The zero-order chi connectivity index (χ0) is 19.7. The van der Waals surface area contributed by atoms with Gasteiger partial charge in [0.05, 0.1) is 25.6 Å². The molecule has 2 aromatic carbocycles. The van der Waals surface area contributed by atoms with E-state index in [1.807, 2.05) is 24.4 Å². The molecular weight excluding hydrogens is 406 g/mol. The van der Waals surface area contributed by atoms with Crippen LogP contribution in [0.5, 0.6) is 11.5 Å². The third-order valence-corrected chi connectivity index (χ3v) is 5.74. The number of hydrogen-bond donors (Lipinski definition) is 1. The first-order valence-corrected chi connectivity index (χ1v) is 9.94. The molecule has 2 heterocycles. The fourth-order valence-corrected chi connectivity index (χ4v) is 4.64. The number of para-hydroxylation sites is 2. The molecule has 1 N–H and O–H groups in total. The molecule has 4 rings (SSSR count). The molecule has 0 fully saturated rings. The molecule has 1 amide bonds. The minimum absolute atomic E-state index is 0.104. The summed E-state index contributed by atoms with van der Waals surface area (Å²) in [4.78, 5) is 16.8. The van der Waals surface area contributed by atoms with Crippen molar-refractivity contribution >= 4 is 54.6 Å². The minimum atomic E-state index is -2.98. The van der Waals surface area contributed by atoms with Crippen LogP contribution in [-0.2, 0) is 4.79 Å². The van der Waals surface area contributed by atoms with Crippen molar-refractivity contribution in [3.63, 3.8) is 0 Å². The summed E-state index contributed by atoms with van der Waals surface area (Å²) in [6.07, 6.45) is 0. The number of carbonyl (C=O) groups excluding carboxylic acids is 1. The molecule has 5 nitrogen and oxygen atoms in total. The van der Waals surface area contributed by atoms with Gasteiger partial charge in [0.15, 0.2) is 6.61 Å². The van der Waals surface area contributed by atoms with E-state index in [9.17, 15) is 13.6 Å². The fraction of sp³-hybridized carbons (Fsp3) is 0.158. The largest absolute Gasteiger partial charge is 0.483 e. The van der Waals surface area contributed by atoms with Gasteiger partial charge >= 0.3 is 6.61 Å². The second-order valence-corrected chi connectivity index (χ2v) is 7.98.